The van der Waals surface area contributed by atoms with Crippen molar-refractivity contribution in [2.75, 3.05) is 25.5 Å². The predicted octanol–water partition coefficient (Wildman–Crippen LogP) is 2.40. The van der Waals surface area contributed by atoms with Crippen LogP contribution in [0.5, 0.6) is 0 Å². The lowest BCUT2D eigenvalue weighted by Crippen LogP contribution is -2.38. The van der Waals surface area contributed by atoms with Gasteiger partial charge in [-0.3, -0.25) is 4.79 Å². The van der Waals surface area contributed by atoms with Gasteiger partial charge in [0, 0.05) is 4.47 Å². The van der Waals surface area contributed by atoms with E-state index >= 15 is 0 Å². The maximum atomic E-state index is 11.7. The van der Waals surface area contributed by atoms with Gasteiger partial charge in [-0.1, -0.05) is 12.1 Å². The van der Waals surface area contributed by atoms with Gasteiger partial charge in [0.05, 0.1) is 11.8 Å². The maximum Gasteiger partial charge on any atom is 0.250 e. The number of hydrogen-bond donors (Lipinski definition) is 2. The Hall–Kier alpha value is -0.910. The number of benzene rings is 1. The lowest BCUT2D eigenvalue weighted by molar-refractivity contribution is -0.125. The number of rotatable bonds is 6. The Bertz CT molecular complexity index is 433. The zero-order valence-corrected chi connectivity index (χ0v) is 12.6. The Kier molecular flexibility index (Phi) is 5.36. The molecule has 1 fully saturated rings. The highest BCUT2D eigenvalue weighted by atomic mass is 79.9. The highest BCUT2D eigenvalue weighted by molar-refractivity contribution is 9.10. The molecule has 0 radical (unpaired) electrons. The number of carbonyl (C=O) groups is 1. The smallest absolute Gasteiger partial charge is 0.250 e. The number of para-hydroxylation sites is 1. The van der Waals surface area contributed by atoms with Crippen LogP contribution in [0.3, 0.4) is 0 Å². The molecule has 0 bridgehead atoms. The van der Waals surface area contributed by atoms with Gasteiger partial charge in [0.1, 0.15) is 6.61 Å². The third kappa shape index (κ3) is 4.30. The van der Waals surface area contributed by atoms with E-state index < -0.39 is 0 Å². The molecular formula is C14H19BrN2O2. The van der Waals surface area contributed by atoms with Crippen LogP contribution in [0.15, 0.2) is 28.7 Å². The van der Waals surface area contributed by atoms with Crippen LogP contribution in [0.25, 0.3) is 0 Å². The van der Waals surface area contributed by atoms with Gasteiger partial charge in [0.15, 0.2) is 0 Å². The standard InChI is InChI=1S/C14H19BrN2O2/c1-16-8-10-6-11(7-10)19-9-14(18)17-13-5-3-2-4-12(13)15/h2-5,10-11,16H,6-9H2,1H3,(H,17,18). The number of amides is 1. The molecule has 1 aromatic carbocycles. The van der Waals surface area contributed by atoms with Gasteiger partial charge in [0.2, 0.25) is 5.91 Å². The SMILES string of the molecule is CNCC1CC(OCC(=O)Nc2ccccc2Br)C1. The van der Waals surface area contributed by atoms with Crippen molar-refractivity contribution >= 4 is 27.5 Å². The molecule has 104 valence electrons. The fourth-order valence-electron chi connectivity index (χ4n) is 2.21. The summed E-state index contributed by atoms with van der Waals surface area (Å²) in [6, 6.07) is 7.54. The van der Waals surface area contributed by atoms with Crippen molar-refractivity contribution in [3.63, 3.8) is 0 Å². The number of carbonyl (C=O) groups excluding carboxylic acids is 1. The van der Waals surface area contributed by atoms with Gasteiger partial charge in [0.25, 0.3) is 0 Å². The van der Waals surface area contributed by atoms with Crippen molar-refractivity contribution in [1.29, 1.82) is 0 Å². The molecule has 5 heteroatoms. The molecule has 4 nitrogen and oxygen atoms in total. The van der Waals surface area contributed by atoms with E-state index in [-0.39, 0.29) is 18.6 Å². The number of anilines is 1. The summed E-state index contributed by atoms with van der Waals surface area (Å²) >= 11 is 3.39. The number of nitrogens with one attached hydrogen (secondary N) is 2. The van der Waals surface area contributed by atoms with E-state index in [0.717, 1.165) is 29.5 Å². The van der Waals surface area contributed by atoms with Crippen LogP contribution >= 0.6 is 15.9 Å². The van der Waals surface area contributed by atoms with Crippen molar-refractivity contribution in [2.45, 2.75) is 18.9 Å². The summed E-state index contributed by atoms with van der Waals surface area (Å²) in [5.41, 5.74) is 0.776. The molecule has 0 saturated heterocycles. The van der Waals surface area contributed by atoms with Crippen molar-refractivity contribution in [3.8, 4) is 0 Å². The molecule has 0 aromatic heterocycles. The van der Waals surface area contributed by atoms with Crippen molar-refractivity contribution in [3.05, 3.63) is 28.7 Å². The van der Waals surface area contributed by atoms with Gasteiger partial charge in [-0.25, -0.2) is 0 Å². The lowest BCUT2D eigenvalue weighted by Gasteiger charge is -2.34. The molecule has 19 heavy (non-hydrogen) atoms. The summed E-state index contributed by atoms with van der Waals surface area (Å²) in [7, 11) is 1.96. The second-order valence-electron chi connectivity index (χ2n) is 4.86. The van der Waals surface area contributed by atoms with Gasteiger partial charge >= 0.3 is 0 Å². The number of hydrogen-bond acceptors (Lipinski definition) is 3. The minimum absolute atomic E-state index is 0.107. The van der Waals surface area contributed by atoms with Crippen molar-refractivity contribution < 1.29 is 9.53 Å². The second-order valence-corrected chi connectivity index (χ2v) is 5.71. The van der Waals surface area contributed by atoms with E-state index in [1.54, 1.807) is 0 Å². The minimum atomic E-state index is -0.107. The third-order valence-electron chi connectivity index (χ3n) is 3.28. The van der Waals surface area contributed by atoms with E-state index in [2.05, 4.69) is 26.6 Å². The van der Waals surface area contributed by atoms with Crippen LogP contribution < -0.4 is 10.6 Å². The van der Waals surface area contributed by atoms with Gasteiger partial charge in [-0.05, 0) is 60.4 Å². The normalized spacial score (nSPS) is 21.8. The Morgan fingerprint density at radius 3 is 2.84 bits per heavy atom. The molecule has 0 spiro atoms. The summed E-state index contributed by atoms with van der Waals surface area (Å²) < 4.78 is 6.45. The van der Waals surface area contributed by atoms with Crippen LogP contribution in [-0.4, -0.2) is 32.2 Å². The molecule has 1 aromatic rings. The van der Waals surface area contributed by atoms with E-state index in [1.165, 1.54) is 0 Å². The Morgan fingerprint density at radius 2 is 2.16 bits per heavy atom. The van der Waals surface area contributed by atoms with Crippen LogP contribution in [0.1, 0.15) is 12.8 Å². The fourth-order valence-corrected chi connectivity index (χ4v) is 2.59. The summed E-state index contributed by atoms with van der Waals surface area (Å²) in [5, 5.41) is 5.98. The Labute approximate surface area is 122 Å². The first-order chi connectivity index (χ1) is 9.19. The molecule has 2 rings (SSSR count). The summed E-state index contributed by atoms with van der Waals surface area (Å²) in [4.78, 5) is 11.7. The highest BCUT2D eigenvalue weighted by Gasteiger charge is 2.29. The summed E-state index contributed by atoms with van der Waals surface area (Å²) in [6.45, 7) is 1.15. The van der Waals surface area contributed by atoms with Gasteiger partial charge in [-0.2, -0.15) is 0 Å². The van der Waals surface area contributed by atoms with Crippen molar-refractivity contribution in [1.82, 2.24) is 5.32 Å². The van der Waals surface area contributed by atoms with E-state index in [4.69, 9.17) is 4.74 Å². The molecule has 1 aliphatic rings. The molecule has 2 N–H and O–H groups in total. The third-order valence-corrected chi connectivity index (χ3v) is 3.97. The number of ether oxygens (including phenoxy) is 1. The maximum absolute atomic E-state index is 11.7. The first-order valence-corrected chi connectivity index (χ1v) is 7.29. The lowest BCUT2D eigenvalue weighted by atomic mass is 9.82. The topological polar surface area (TPSA) is 50.4 Å². The Balaban J connectivity index is 1.67. The van der Waals surface area contributed by atoms with Gasteiger partial charge in [-0.15, -0.1) is 0 Å². The average molecular weight is 327 g/mol. The Morgan fingerprint density at radius 1 is 1.42 bits per heavy atom. The summed E-state index contributed by atoms with van der Waals surface area (Å²) in [5.74, 6) is 0.588. The molecule has 1 saturated carbocycles. The van der Waals surface area contributed by atoms with Crippen molar-refractivity contribution in [2.24, 2.45) is 5.92 Å². The molecule has 1 aliphatic carbocycles. The first kappa shape index (κ1) is 14.5. The zero-order valence-electron chi connectivity index (χ0n) is 11.0. The monoisotopic (exact) mass is 326 g/mol. The van der Waals surface area contributed by atoms with E-state index in [9.17, 15) is 4.79 Å². The van der Waals surface area contributed by atoms with Crippen LogP contribution in [0.2, 0.25) is 0 Å². The highest BCUT2D eigenvalue weighted by Crippen LogP contribution is 2.29. The first-order valence-electron chi connectivity index (χ1n) is 6.49. The molecular weight excluding hydrogens is 308 g/mol. The zero-order chi connectivity index (χ0) is 13.7. The van der Waals surface area contributed by atoms with E-state index in [1.807, 2.05) is 31.3 Å². The molecule has 0 heterocycles. The number of halogens is 1. The van der Waals surface area contributed by atoms with Gasteiger partial charge < -0.3 is 15.4 Å². The van der Waals surface area contributed by atoms with Crippen LogP contribution in [0, 0.1) is 5.92 Å². The molecule has 0 unspecified atom stereocenters. The average Bonchev–Trinajstić information content (AvgIpc) is 2.35. The molecule has 1 amide bonds. The largest absolute Gasteiger partial charge is 0.368 e. The van der Waals surface area contributed by atoms with E-state index in [0.29, 0.717) is 5.92 Å². The minimum Gasteiger partial charge on any atom is -0.368 e. The molecule has 0 aliphatic heterocycles. The van der Waals surface area contributed by atoms with Crippen LogP contribution in [0.4, 0.5) is 5.69 Å². The predicted molar refractivity (Wildman–Crippen MR) is 79.2 cm³/mol. The molecule has 0 atom stereocenters. The second kappa shape index (κ2) is 7.03. The summed E-state index contributed by atoms with van der Waals surface area (Å²) in [6.07, 6.45) is 2.33. The fraction of sp³-hybridized carbons (Fsp3) is 0.500. The van der Waals surface area contributed by atoms with Crippen LogP contribution in [-0.2, 0) is 9.53 Å². The quantitative estimate of drug-likeness (QED) is 0.844.